The standard InChI is InChI=1S/C16H24N2O2/c1-19-15-7-2-5-13-12-18(9-4-10-20-16(13)15)14-6-3-8-17-11-14/h2,5,7,14,17H,3-4,6,8-12H2,1H3/t14-/m1/s1. The molecule has 1 fully saturated rings. The van der Waals surface area contributed by atoms with Crippen molar-refractivity contribution in [1.29, 1.82) is 0 Å². The third kappa shape index (κ3) is 2.91. The molecule has 1 aromatic rings. The topological polar surface area (TPSA) is 33.7 Å². The van der Waals surface area contributed by atoms with Gasteiger partial charge in [0.25, 0.3) is 0 Å². The van der Waals surface area contributed by atoms with Crippen LogP contribution < -0.4 is 14.8 Å². The average molecular weight is 276 g/mol. The van der Waals surface area contributed by atoms with Crippen LogP contribution in [0.4, 0.5) is 0 Å². The highest BCUT2D eigenvalue weighted by atomic mass is 16.5. The third-order valence-corrected chi connectivity index (χ3v) is 4.28. The van der Waals surface area contributed by atoms with Crippen LogP contribution in [-0.4, -0.2) is 44.3 Å². The smallest absolute Gasteiger partial charge is 0.165 e. The van der Waals surface area contributed by atoms with Crippen LogP contribution in [-0.2, 0) is 6.54 Å². The number of benzene rings is 1. The van der Waals surface area contributed by atoms with Gasteiger partial charge in [-0.15, -0.1) is 0 Å². The monoisotopic (exact) mass is 276 g/mol. The van der Waals surface area contributed by atoms with Crippen molar-refractivity contribution in [3.63, 3.8) is 0 Å². The average Bonchev–Trinajstić information content (AvgIpc) is 2.48. The molecule has 110 valence electrons. The first-order valence-corrected chi connectivity index (χ1v) is 7.62. The molecule has 1 aromatic carbocycles. The number of fused-ring (bicyclic) bond motifs is 1. The summed E-state index contributed by atoms with van der Waals surface area (Å²) in [6, 6.07) is 6.85. The van der Waals surface area contributed by atoms with E-state index in [2.05, 4.69) is 22.3 Å². The maximum absolute atomic E-state index is 5.92. The summed E-state index contributed by atoms with van der Waals surface area (Å²) in [7, 11) is 1.71. The van der Waals surface area contributed by atoms with Crippen LogP contribution in [0, 0.1) is 0 Å². The Kier molecular flexibility index (Phi) is 4.43. The first kappa shape index (κ1) is 13.7. The van der Waals surface area contributed by atoms with E-state index in [1.165, 1.54) is 18.4 Å². The summed E-state index contributed by atoms with van der Waals surface area (Å²) >= 11 is 0. The van der Waals surface area contributed by atoms with Gasteiger partial charge in [0, 0.05) is 31.2 Å². The fraction of sp³-hybridized carbons (Fsp3) is 0.625. The molecule has 4 nitrogen and oxygen atoms in total. The largest absolute Gasteiger partial charge is 0.493 e. The number of hydrogen-bond acceptors (Lipinski definition) is 4. The van der Waals surface area contributed by atoms with Crippen LogP contribution in [0.2, 0.25) is 0 Å². The maximum Gasteiger partial charge on any atom is 0.165 e. The van der Waals surface area contributed by atoms with E-state index in [-0.39, 0.29) is 0 Å². The van der Waals surface area contributed by atoms with Crippen molar-refractivity contribution in [1.82, 2.24) is 10.2 Å². The van der Waals surface area contributed by atoms with Crippen molar-refractivity contribution < 1.29 is 9.47 Å². The Morgan fingerprint density at radius 1 is 1.35 bits per heavy atom. The number of ether oxygens (including phenoxy) is 2. The molecule has 0 bridgehead atoms. The Balaban J connectivity index is 1.82. The third-order valence-electron chi connectivity index (χ3n) is 4.28. The Morgan fingerprint density at radius 3 is 3.10 bits per heavy atom. The molecular formula is C16H24N2O2. The zero-order valence-corrected chi connectivity index (χ0v) is 12.2. The number of piperidine rings is 1. The van der Waals surface area contributed by atoms with Crippen molar-refractivity contribution in [3.8, 4) is 11.5 Å². The summed E-state index contributed by atoms with van der Waals surface area (Å²) < 4.78 is 11.4. The molecule has 2 aliphatic rings. The minimum absolute atomic E-state index is 0.654. The second kappa shape index (κ2) is 6.46. The molecule has 0 aliphatic carbocycles. The Bertz CT molecular complexity index is 444. The van der Waals surface area contributed by atoms with E-state index >= 15 is 0 Å². The van der Waals surface area contributed by atoms with Crippen molar-refractivity contribution in [2.45, 2.75) is 31.8 Å². The van der Waals surface area contributed by atoms with Gasteiger partial charge in [0.1, 0.15) is 0 Å². The molecule has 0 unspecified atom stereocenters. The molecule has 4 heteroatoms. The van der Waals surface area contributed by atoms with Gasteiger partial charge in [-0.25, -0.2) is 0 Å². The highest BCUT2D eigenvalue weighted by Gasteiger charge is 2.24. The summed E-state index contributed by atoms with van der Waals surface area (Å²) in [4.78, 5) is 2.60. The molecule has 20 heavy (non-hydrogen) atoms. The lowest BCUT2D eigenvalue weighted by molar-refractivity contribution is 0.133. The van der Waals surface area contributed by atoms with E-state index in [1.54, 1.807) is 7.11 Å². The van der Waals surface area contributed by atoms with Gasteiger partial charge < -0.3 is 14.8 Å². The molecule has 0 saturated carbocycles. The normalized spacial score (nSPS) is 24.1. The predicted molar refractivity (Wildman–Crippen MR) is 79.4 cm³/mol. The lowest BCUT2D eigenvalue weighted by Gasteiger charge is -2.36. The molecule has 1 atom stereocenters. The Hall–Kier alpha value is -1.26. The van der Waals surface area contributed by atoms with Crippen molar-refractivity contribution in [2.24, 2.45) is 0 Å². The number of rotatable bonds is 2. The van der Waals surface area contributed by atoms with Crippen LogP contribution in [0.5, 0.6) is 11.5 Å². The molecule has 2 heterocycles. The maximum atomic E-state index is 5.92. The number of para-hydroxylation sites is 1. The van der Waals surface area contributed by atoms with Gasteiger partial charge in [0.2, 0.25) is 0 Å². The number of hydrogen-bond donors (Lipinski definition) is 1. The lowest BCUT2D eigenvalue weighted by atomic mass is 10.0. The fourth-order valence-corrected chi connectivity index (χ4v) is 3.21. The molecule has 0 amide bonds. The zero-order chi connectivity index (χ0) is 13.8. The molecule has 0 spiro atoms. The van der Waals surface area contributed by atoms with Crippen molar-refractivity contribution in [2.75, 3.05) is 33.4 Å². The van der Waals surface area contributed by atoms with Crippen LogP contribution >= 0.6 is 0 Å². The fourth-order valence-electron chi connectivity index (χ4n) is 3.21. The van der Waals surface area contributed by atoms with Crippen molar-refractivity contribution in [3.05, 3.63) is 23.8 Å². The summed E-state index contributed by atoms with van der Waals surface area (Å²) in [5.41, 5.74) is 1.25. The summed E-state index contributed by atoms with van der Waals surface area (Å²) in [5.74, 6) is 1.79. The highest BCUT2D eigenvalue weighted by Crippen LogP contribution is 2.33. The number of nitrogens with zero attached hydrogens (tertiary/aromatic N) is 1. The first-order valence-electron chi connectivity index (χ1n) is 7.62. The minimum atomic E-state index is 0.654. The Labute approximate surface area is 121 Å². The van der Waals surface area contributed by atoms with Crippen LogP contribution in [0.1, 0.15) is 24.8 Å². The van der Waals surface area contributed by atoms with Crippen LogP contribution in [0.25, 0.3) is 0 Å². The minimum Gasteiger partial charge on any atom is -0.493 e. The highest BCUT2D eigenvalue weighted by molar-refractivity contribution is 5.46. The quantitative estimate of drug-likeness (QED) is 0.896. The van der Waals surface area contributed by atoms with Crippen molar-refractivity contribution >= 4 is 0 Å². The molecule has 2 aliphatic heterocycles. The van der Waals surface area contributed by atoms with Gasteiger partial charge in [-0.1, -0.05) is 12.1 Å². The van der Waals surface area contributed by atoms with Gasteiger partial charge in [-0.3, -0.25) is 4.90 Å². The van der Waals surface area contributed by atoms with Gasteiger partial charge in [0.15, 0.2) is 11.5 Å². The molecule has 3 rings (SSSR count). The van der Waals surface area contributed by atoms with Gasteiger partial charge in [-0.05, 0) is 31.9 Å². The van der Waals surface area contributed by atoms with E-state index in [1.807, 2.05) is 6.07 Å². The first-order chi connectivity index (χ1) is 9.88. The van der Waals surface area contributed by atoms with Gasteiger partial charge in [-0.2, -0.15) is 0 Å². The van der Waals surface area contributed by atoms with E-state index in [0.29, 0.717) is 6.04 Å². The summed E-state index contributed by atoms with van der Waals surface area (Å²) in [6.45, 7) is 5.11. The second-order valence-electron chi connectivity index (χ2n) is 5.62. The SMILES string of the molecule is COc1cccc2c1OCCCN([C@@H]1CCCNC1)C2. The number of methoxy groups -OCH3 is 1. The number of nitrogens with one attached hydrogen (secondary N) is 1. The molecular weight excluding hydrogens is 252 g/mol. The van der Waals surface area contributed by atoms with Gasteiger partial charge in [0.05, 0.1) is 13.7 Å². The summed E-state index contributed by atoms with van der Waals surface area (Å²) in [5, 5.41) is 3.52. The van der Waals surface area contributed by atoms with E-state index < -0.39 is 0 Å². The summed E-state index contributed by atoms with van der Waals surface area (Å²) in [6.07, 6.45) is 3.66. The molecule has 0 aromatic heterocycles. The molecule has 0 radical (unpaired) electrons. The second-order valence-corrected chi connectivity index (χ2v) is 5.62. The van der Waals surface area contributed by atoms with E-state index in [9.17, 15) is 0 Å². The Morgan fingerprint density at radius 2 is 2.30 bits per heavy atom. The zero-order valence-electron chi connectivity index (χ0n) is 12.2. The van der Waals surface area contributed by atoms with Crippen LogP contribution in [0.3, 0.4) is 0 Å². The van der Waals surface area contributed by atoms with Gasteiger partial charge >= 0.3 is 0 Å². The predicted octanol–water partition coefficient (Wildman–Crippen LogP) is 2.03. The van der Waals surface area contributed by atoms with E-state index in [4.69, 9.17) is 9.47 Å². The lowest BCUT2D eigenvalue weighted by Crippen LogP contribution is -2.46. The molecule has 1 N–H and O–H groups in total. The van der Waals surface area contributed by atoms with E-state index in [0.717, 1.165) is 50.7 Å². The molecule has 1 saturated heterocycles. The van der Waals surface area contributed by atoms with Crippen LogP contribution in [0.15, 0.2) is 18.2 Å².